The van der Waals surface area contributed by atoms with E-state index in [1.54, 1.807) is 11.8 Å². The molecule has 0 aromatic carbocycles. The minimum absolute atomic E-state index is 0.0140. The molecule has 2 heterocycles. The van der Waals surface area contributed by atoms with Crippen LogP contribution in [-0.4, -0.2) is 40.0 Å². The molecule has 1 aliphatic rings. The molecule has 0 aliphatic carbocycles. The largest absolute Gasteiger partial charge is 0.474 e. The zero-order valence-electron chi connectivity index (χ0n) is 9.60. The van der Waals surface area contributed by atoms with Crippen LogP contribution in [0.3, 0.4) is 0 Å². The minimum Gasteiger partial charge on any atom is -0.474 e. The van der Waals surface area contributed by atoms with Crippen LogP contribution in [-0.2, 0) is 4.79 Å². The number of hydrogen-bond donors (Lipinski definition) is 0. The zero-order chi connectivity index (χ0) is 12.3. The minimum atomic E-state index is -0.601. The van der Waals surface area contributed by atoms with Crippen molar-refractivity contribution in [2.45, 2.75) is 25.9 Å². The van der Waals surface area contributed by atoms with Gasteiger partial charge in [0.2, 0.25) is 17.7 Å². The molecule has 1 aliphatic heterocycles. The third-order valence-electron chi connectivity index (χ3n) is 2.78. The fourth-order valence-electron chi connectivity index (χ4n) is 1.84. The summed E-state index contributed by atoms with van der Waals surface area (Å²) in [6.07, 6.45) is 2.60. The molecule has 92 valence electrons. The van der Waals surface area contributed by atoms with Gasteiger partial charge in [0, 0.05) is 32.9 Å². The van der Waals surface area contributed by atoms with E-state index < -0.39 is 5.95 Å². The lowest BCUT2D eigenvalue weighted by molar-refractivity contribution is -0.130. The molecule has 1 amide bonds. The van der Waals surface area contributed by atoms with Gasteiger partial charge >= 0.3 is 0 Å². The van der Waals surface area contributed by atoms with Gasteiger partial charge in [-0.25, -0.2) is 9.97 Å². The molecule has 1 fully saturated rings. The number of amides is 1. The maximum Gasteiger partial charge on any atom is 0.219 e. The van der Waals surface area contributed by atoms with Crippen LogP contribution in [0.1, 0.15) is 19.8 Å². The molecule has 0 radical (unpaired) electrons. The molecule has 0 N–H and O–H groups in total. The van der Waals surface area contributed by atoms with E-state index in [1.807, 2.05) is 0 Å². The van der Waals surface area contributed by atoms with Crippen LogP contribution in [0.5, 0.6) is 5.88 Å². The Morgan fingerprint density at radius 1 is 1.47 bits per heavy atom. The van der Waals surface area contributed by atoms with Crippen molar-refractivity contribution in [3.05, 3.63) is 18.3 Å². The monoisotopic (exact) mass is 239 g/mol. The number of piperidine rings is 1. The van der Waals surface area contributed by atoms with E-state index in [0.717, 1.165) is 25.2 Å². The predicted octanol–water partition coefficient (Wildman–Crippen LogP) is 1.01. The van der Waals surface area contributed by atoms with Crippen LogP contribution in [0.25, 0.3) is 0 Å². The number of halogens is 1. The topological polar surface area (TPSA) is 55.3 Å². The van der Waals surface area contributed by atoms with Gasteiger partial charge in [-0.3, -0.25) is 4.79 Å². The second-order valence-corrected chi connectivity index (χ2v) is 4.00. The highest BCUT2D eigenvalue weighted by Crippen LogP contribution is 2.17. The smallest absolute Gasteiger partial charge is 0.219 e. The highest BCUT2D eigenvalue weighted by atomic mass is 19.1. The molecule has 2 rings (SSSR count). The molecule has 1 aromatic rings. The highest BCUT2D eigenvalue weighted by Gasteiger charge is 2.22. The van der Waals surface area contributed by atoms with E-state index in [9.17, 15) is 9.18 Å². The van der Waals surface area contributed by atoms with E-state index >= 15 is 0 Å². The van der Waals surface area contributed by atoms with E-state index in [2.05, 4.69) is 9.97 Å². The van der Waals surface area contributed by atoms with Crippen LogP contribution >= 0.6 is 0 Å². The number of likely N-dealkylation sites (tertiary alicyclic amines) is 1. The first-order valence-electron chi connectivity index (χ1n) is 5.55. The number of carbonyl (C=O) groups is 1. The molecule has 6 heteroatoms. The molecule has 1 saturated heterocycles. The Labute approximate surface area is 98.6 Å². The van der Waals surface area contributed by atoms with E-state index in [-0.39, 0.29) is 17.9 Å². The lowest BCUT2D eigenvalue weighted by Gasteiger charge is -2.31. The molecule has 1 aromatic heterocycles. The van der Waals surface area contributed by atoms with Crippen molar-refractivity contribution in [2.24, 2.45) is 0 Å². The van der Waals surface area contributed by atoms with Crippen molar-refractivity contribution in [3.63, 3.8) is 0 Å². The lowest BCUT2D eigenvalue weighted by atomic mass is 10.1. The number of rotatable bonds is 2. The third-order valence-corrected chi connectivity index (χ3v) is 2.78. The number of aromatic nitrogens is 2. The van der Waals surface area contributed by atoms with Gasteiger partial charge in [-0.05, 0) is 0 Å². The van der Waals surface area contributed by atoms with Crippen molar-refractivity contribution >= 4 is 5.91 Å². The molecule has 0 saturated carbocycles. The average Bonchev–Trinajstić information content (AvgIpc) is 2.29. The molecule has 0 unspecified atom stereocenters. The summed E-state index contributed by atoms with van der Waals surface area (Å²) in [7, 11) is 0. The molecule has 17 heavy (non-hydrogen) atoms. The molecule has 5 nitrogen and oxygen atoms in total. The van der Waals surface area contributed by atoms with Crippen LogP contribution in [0.2, 0.25) is 0 Å². The fourth-order valence-corrected chi connectivity index (χ4v) is 1.84. The molecule has 0 bridgehead atoms. The molecule has 0 atom stereocenters. The van der Waals surface area contributed by atoms with Gasteiger partial charge < -0.3 is 9.64 Å². The maximum absolute atomic E-state index is 12.8. The highest BCUT2D eigenvalue weighted by molar-refractivity contribution is 5.73. The van der Waals surface area contributed by atoms with Gasteiger partial charge in [0.25, 0.3) is 0 Å². The third kappa shape index (κ3) is 3.12. The van der Waals surface area contributed by atoms with Crippen molar-refractivity contribution in [3.8, 4) is 5.88 Å². The summed E-state index contributed by atoms with van der Waals surface area (Å²) < 4.78 is 18.3. The molecular formula is C11H14FN3O2. The van der Waals surface area contributed by atoms with E-state index in [1.165, 1.54) is 0 Å². The van der Waals surface area contributed by atoms with Crippen LogP contribution in [0.15, 0.2) is 12.4 Å². The van der Waals surface area contributed by atoms with Crippen molar-refractivity contribution in [1.82, 2.24) is 14.9 Å². The zero-order valence-corrected chi connectivity index (χ0v) is 9.60. The number of nitrogens with zero attached hydrogens (tertiary/aromatic N) is 3. The van der Waals surface area contributed by atoms with Crippen molar-refractivity contribution in [2.75, 3.05) is 13.1 Å². The van der Waals surface area contributed by atoms with Gasteiger partial charge in [0.05, 0.1) is 6.07 Å². The first kappa shape index (κ1) is 11.8. The lowest BCUT2D eigenvalue weighted by Crippen LogP contribution is -2.40. The summed E-state index contributed by atoms with van der Waals surface area (Å²) in [5.74, 6) is -0.272. The van der Waals surface area contributed by atoms with Gasteiger partial charge in [-0.15, -0.1) is 0 Å². The summed E-state index contributed by atoms with van der Waals surface area (Å²) >= 11 is 0. The fraction of sp³-hybridized carbons (Fsp3) is 0.545. The summed E-state index contributed by atoms with van der Waals surface area (Å²) in [6, 6.07) is 1.16. The SMILES string of the molecule is CC(=O)N1CCC(Oc2cc(F)ncn2)CC1. The Morgan fingerprint density at radius 3 is 2.76 bits per heavy atom. The second-order valence-electron chi connectivity index (χ2n) is 4.00. The summed E-state index contributed by atoms with van der Waals surface area (Å²) in [4.78, 5) is 20.1. The molecule has 0 spiro atoms. The average molecular weight is 239 g/mol. The Bertz CT molecular complexity index is 405. The molecular weight excluding hydrogens is 225 g/mol. The maximum atomic E-state index is 12.8. The van der Waals surface area contributed by atoms with Crippen molar-refractivity contribution in [1.29, 1.82) is 0 Å². The van der Waals surface area contributed by atoms with Crippen LogP contribution < -0.4 is 4.74 Å². The van der Waals surface area contributed by atoms with Gasteiger partial charge in [0.1, 0.15) is 12.4 Å². The van der Waals surface area contributed by atoms with E-state index in [4.69, 9.17) is 4.74 Å². The number of ether oxygens (including phenoxy) is 1. The standard InChI is InChI=1S/C11H14FN3O2/c1-8(16)15-4-2-9(3-5-15)17-11-6-10(12)13-7-14-11/h6-7,9H,2-5H2,1H3. The normalized spacial score (nSPS) is 16.9. The number of hydrogen-bond acceptors (Lipinski definition) is 4. The predicted molar refractivity (Wildman–Crippen MR) is 57.9 cm³/mol. The second kappa shape index (κ2) is 5.07. The van der Waals surface area contributed by atoms with Crippen LogP contribution in [0.4, 0.5) is 4.39 Å². The Hall–Kier alpha value is -1.72. The number of carbonyl (C=O) groups excluding carboxylic acids is 1. The summed E-state index contributed by atoms with van der Waals surface area (Å²) in [5.41, 5.74) is 0. The van der Waals surface area contributed by atoms with Gasteiger partial charge in [-0.1, -0.05) is 0 Å². The van der Waals surface area contributed by atoms with Crippen molar-refractivity contribution < 1.29 is 13.9 Å². The summed E-state index contributed by atoms with van der Waals surface area (Å²) in [5, 5.41) is 0. The Balaban J connectivity index is 1.88. The first-order valence-corrected chi connectivity index (χ1v) is 5.55. The van der Waals surface area contributed by atoms with Crippen LogP contribution in [0, 0.1) is 5.95 Å². The van der Waals surface area contributed by atoms with Gasteiger partial charge in [0.15, 0.2) is 0 Å². The quantitative estimate of drug-likeness (QED) is 0.723. The first-order chi connectivity index (χ1) is 8.15. The summed E-state index contributed by atoms with van der Waals surface area (Å²) in [6.45, 7) is 2.90. The Kier molecular flexibility index (Phi) is 3.51. The Morgan fingerprint density at radius 2 is 2.18 bits per heavy atom. The van der Waals surface area contributed by atoms with E-state index in [0.29, 0.717) is 13.1 Å². The van der Waals surface area contributed by atoms with Gasteiger partial charge in [-0.2, -0.15) is 4.39 Å².